The Kier molecular flexibility index (Phi) is 5.58. The first kappa shape index (κ1) is 17.0. The highest BCUT2D eigenvalue weighted by Gasteiger charge is 2.38. The molecule has 2 rings (SSSR count). The van der Waals surface area contributed by atoms with Crippen molar-refractivity contribution >= 4 is 33.5 Å². The van der Waals surface area contributed by atoms with Gasteiger partial charge >= 0.3 is 5.97 Å². The summed E-state index contributed by atoms with van der Waals surface area (Å²) in [6.45, 7) is 1.52. The Balaban J connectivity index is 1.84. The zero-order valence-electron chi connectivity index (χ0n) is 12.5. The Morgan fingerprint density at radius 1 is 1.32 bits per heavy atom. The van der Waals surface area contributed by atoms with Gasteiger partial charge in [-0.05, 0) is 56.4 Å². The van der Waals surface area contributed by atoms with Crippen LogP contribution in [0.3, 0.4) is 0 Å². The van der Waals surface area contributed by atoms with Gasteiger partial charge in [0, 0.05) is 10.2 Å². The molecule has 1 aliphatic carbocycles. The number of hydrogen-bond donors (Lipinski definition) is 2. The second-order valence-electron chi connectivity index (χ2n) is 5.68. The van der Waals surface area contributed by atoms with Crippen molar-refractivity contribution in [3.8, 4) is 0 Å². The van der Waals surface area contributed by atoms with E-state index in [4.69, 9.17) is 4.74 Å². The summed E-state index contributed by atoms with van der Waals surface area (Å²) in [6.07, 6.45) is 3.42. The number of anilines is 1. The van der Waals surface area contributed by atoms with Crippen LogP contribution in [0.2, 0.25) is 0 Å². The Hall–Kier alpha value is -1.40. The molecule has 1 fully saturated rings. The molecule has 0 aliphatic heterocycles. The van der Waals surface area contributed by atoms with Gasteiger partial charge in [-0.2, -0.15) is 0 Å². The molecule has 1 amide bonds. The zero-order valence-corrected chi connectivity index (χ0v) is 14.1. The molecule has 1 aliphatic rings. The van der Waals surface area contributed by atoms with Crippen molar-refractivity contribution in [3.05, 3.63) is 28.2 Å². The first-order chi connectivity index (χ1) is 10.4. The Morgan fingerprint density at radius 2 is 2.00 bits per heavy atom. The SMILES string of the molecule is Cc1cc(NC(=O)COC(=O)C2(O)CCCCC2)ccc1Br. The van der Waals surface area contributed by atoms with E-state index in [1.54, 1.807) is 6.07 Å². The van der Waals surface area contributed by atoms with Gasteiger partial charge in [-0.15, -0.1) is 0 Å². The molecule has 0 bridgehead atoms. The molecule has 0 unspecified atom stereocenters. The van der Waals surface area contributed by atoms with Crippen LogP contribution in [-0.2, 0) is 14.3 Å². The van der Waals surface area contributed by atoms with Gasteiger partial charge in [0.1, 0.15) is 0 Å². The standard InChI is InChI=1S/C16H20BrNO4/c1-11-9-12(5-6-13(11)17)18-14(19)10-22-15(20)16(21)7-3-2-4-8-16/h5-6,9,21H,2-4,7-8,10H2,1H3,(H,18,19). The summed E-state index contributed by atoms with van der Waals surface area (Å²) in [5.41, 5.74) is 0.205. The minimum atomic E-state index is -1.42. The summed E-state index contributed by atoms with van der Waals surface area (Å²) in [5, 5.41) is 12.9. The highest BCUT2D eigenvalue weighted by molar-refractivity contribution is 9.10. The number of ether oxygens (including phenoxy) is 1. The van der Waals surface area contributed by atoms with Crippen molar-refractivity contribution in [1.29, 1.82) is 0 Å². The summed E-state index contributed by atoms with van der Waals surface area (Å²) in [6, 6.07) is 5.41. The first-order valence-corrected chi connectivity index (χ1v) is 8.16. The molecule has 0 spiro atoms. The van der Waals surface area contributed by atoms with Crippen LogP contribution in [0.25, 0.3) is 0 Å². The second kappa shape index (κ2) is 7.24. The van der Waals surface area contributed by atoms with Crippen LogP contribution in [0.4, 0.5) is 5.69 Å². The molecule has 5 nitrogen and oxygen atoms in total. The number of carbonyl (C=O) groups is 2. The van der Waals surface area contributed by atoms with Gasteiger partial charge in [0.25, 0.3) is 5.91 Å². The van der Waals surface area contributed by atoms with Gasteiger partial charge in [-0.3, -0.25) is 4.79 Å². The van der Waals surface area contributed by atoms with Gasteiger partial charge in [0.05, 0.1) is 0 Å². The van der Waals surface area contributed by atoms with E-state index in [9.17, 15) is 14.7 Å². The fourth-order valence-electron chi connectivity index (χ4n) is 2.53. The van der Waals surface area contributed by atoms with Gasteiger partial charge < -0.3 is 15.2 Å². The quantitative estimate of drug-likeness (QED) is 0.800. The predicted octanol–water partition coefficient (Wildman–Crippen LogP) is 2.93. The molecule has 0 saturated heterocycles. The van der Waals surface area contributed by atoms with Crippen molar-refractivity contribution in [3.63, 3.8) is 0 Å². The van der Waals surface area contributed by atoms with Crippen molar-refractivity contribution in [2.75, 3.05) is 11.9 Å². The number of halogens is 1. The average Bonchev–Trinajstić information content (AvgIpc) is 2.49. The lowest BCUT2D eigenvalue weighted by Gasteiger charge is -2.29. The first-order valence-electron chi connectivity index (χ1n) is 7.36. The summed E-state index contributed by atoms with van der Waals surface area (Å²) < 4.78 is 5.92. The molecule has 1 saturated carbocycles. The highest BCUT2D eigenvalue weighted by atomic mass is 79.9. The number of hydrogen-bond acceptors (Lipinski definition) is 4. The smallest absolute Gasteiger partial charge is 0.338 e. The van der Waals surface area contributed by atoms with E-state index in [1.807, 2.05) is 19.1 Å². The maximum absolute atomic E-state index is 11.9. The summed E-state index contributed by atoms with van der Waals surface area (Å²) in [5.74, 6) is -1.12. The molecule has 0 atom stereocenters. The summed E-state index contributed by atoms with van der Waals surface area (Å²) in [7, 11) is 0. The van der Waals surface area contributed by atoms with Gasteiger partial charge in [0.2, 0.25) is 0 Å². The van der Waals surface area contributed by atoms with E-state index in [0.717, 1.165) is 29.3 Å². The molecule has 1 aromatic carbocycles. The third-order valence-corrected chi connectivity index (χ3v) is 4.73. The number of rotatable bonds is 4. The Bertz CT molecular complexity index is 567. The summed E-state index contributed by atoms with van der Waals surface area (Å²) in [4.78, 5) is 23.7. The second-order valence-corrected chi connectivity index (χ2v) is 6.53. The molecule has 2 N–H and O–H groups in total. The molecule has 0 aromatic heterocycles. The minimum absolute atomic E-state index is 0.393. The van der Waals surface area contributed by atoms with E-state index in [0.29, 0.717) is 18.5 Å². The van der Waals surface area contributed by atoms with Crippen LogP contribution in [0.5, 0.6) is 0 Å². The third-order valence-electron chi connectivity index (χ3n) is 3.84. The van der Waals surface area contributed by atoms with E-state index in [1.165, 1.54) is 0 Å². The van der Waals surface area contributed by atoms with E-state index in [-0.39, 0.29) is 0 Å². The van der Waals surface area contributed by atoms with E-state index < -0.39 is 24.1 Å². The van der Waals surface area contributed by atoms with Gasteiger partial charge in [-0.25, -0.2) is 4.79 Å². The Morgan fingerprint density at radius 3 is 2.64 bits per heavy atom. The summed E-state index contributed by atoms with van der Waals surface area (Å²) >= 11 is 3.39. The largest absolute Gasteiger partial charge is 0.453 e. The van der Waals surface area contributed by atoms with Crippen molar-refractivity contribution in [2.24, 2.45) is 0 Å². The lowest BCUT2D eigenvalue weighted by atomic mass is 9.85. The van der Waals surface area contributed by atoms with E-state index >= 15 is 0 Å². The molecule has 120 valence electrons. The molecular weight excluding hydrogens is 350 g/mol. The predicted molar refractivity (Wildman–Crippen MR) is 86.5 cm³/mol. The van der Waals surface area contributed by atoms with E-state index in [2.05, 4.69) is 21.2 Å². The lowest BCUT2D eigenvalue weighted by molar-refractivity contribution is -0.170. The fraction of sp³-hybridized carbons (Fsp3) is 0.500. The lowest BCUT2D eigenvalue weighted by Crippen LogP contribution is -2.42. The van der Waals surface area contributed by atoms with Crippen LogP contribution < -0.4 is 5.32 Å². The highest BCUT2D eigenvalue weighted by Crippen LogP contribution is 2.29. The van der Waals surface area contributed by atoms with Gasteiger partial charge in [0.15, 0.2) is 12.2 Å². The monoisotopic (exact) mass is 369 g/mol. The van der Waals surface area contributed by atoms with Crippen LogP contribution in [0.15, 0.2) is 22.7 Å². The molecular formula is C16H20BrNO4. The molecule has 0 heterocycles. The van der Waals surface area contributed by atoms with Crippen molar-refractivity contribution < 1.29 is 19.4 Å². The molecule has 1 aromatic rings. The van der Waals surface area contributed by atoms with Crippen molar-refractivity contribution in [1.82, 2.24) is 0 Å². The average molecular weight is 370 g/mol. The zero-order chi connectivity index (χ0) is 16.2. The minimum Gasteiger partial charge on any atom is -0.453 e. The number of nitrogens with one attached hydrogen (secondary N) is 1. The number of esters is 1. The van der Waals surface area contributed by atoms with Crippen LogP contribution in [0, 0.1) is 6.92 Å². The topological polar surface area (TPSA) is 75.6 Å². The van der Waals surface area contributed by atoms with Crippen LogP contribution >= 0.6 is 15.9 Å². The number of aliphatic hydroxyl groups is 1. The molecule has 22 heavy (non-hydrogen) atoms. The number of aryl methyl sites for hydroxylation is 1. The van der Waals surface area contributed by atoms with Crippen molar-refractivity contribution in [2.45, 2.75) is 44.6 Å². The Labute approximate surface area is 138 Å². The van der Waals surface area contributed by atoms with Crippen LogP contribution in [0.1, 0.15) is 37.7 Å². The fourth-order valence-corrected chi connectivity index (χ4v) is 2.77. The van der Waals surface area contributed by atoms with Gasteiger partial charge in [-0.1, -0.05) is 22.4 Å². The maximum atomic E-state index is 11.9. The molecule has 6 heteroatoms. The molecule has 0 radical (unpaired) electrons. The van der Waals surface area contributed by atoms with Crippen LogP contribution in [-0.4, -0.2) is 29.2 Å². The third kappa shape index (κ3) is 4.30. The maximum Gasteiger partial charge on any atom is 0.338 e. The number of amides is 1. The normalized spacial score (nSPS) is 16.9. The number of carbonyl (C=O) groups excluding carboxylic acids is 2. The number of benzene rings is 1.